The molecule has 1 N–H and O–H groups in total. The van der Waals surface area contributed by atoms with Crippen LogP contribution in [0, 0.1) is 0 Å². The van der Waals surface area contributed by atoms with Crippen LogP contribution in [-0.2, 0) is 5.41 Å². The van der Waals surface area contributed by atoms with Crippen molar-refractivity contribution in [2.45, 2.75) is 57.9 Å². The van der Waals surface area contributed by atoms with Gasteiger partial charge in [0.2, 0.25) is 5.89 Å². The standard InChI is InChI=1S/C21H28N4O/c1-14(19-23-20(24-26-19)21(2,3)4)25-11-9-15(10-12-25)17-13-22-18-8-6-5-7-16(17)18/h5-8,13-15,22H,9-12H2,1-4H3. The fraction of sp³-hybridized carbons (Fsp3) is 0.524. The number of benzene rings is 1. The fourth-order valence-corrected chi connectivity index (χ4v) is 3.90. The smallest absolute Gasteiger partial charge is 0.243 e. The van der Waals surface area contributed by atoms with E-state index in [1.54, 1.807) is 0 Å². The van der Waals surface area contributed by atoms with Gasteiger partial charge in [-0.1, -0.05) is 44.1 Å². The molecule has 1 unspecified atom stereocenters. The van der Waals surface area contributed by atoms with Gasteiger partial charge in [0, 0.05) is 22.5 Å². The van der Waals surface area contributed by atoms with Gasteiger partial charge in [-0.15, -0.1) is 0 Å². The Hall–Kier alpha value is -2.14. The van der Waals surface area contributed by atoms with Crippen molar-refractivity contribution in [1.29, 1.82) is 0 Å². The van der Waals surface area contributed by atoms with Crippen molar-refractivity contribution in [1.82, 2.24) is 20.0 Å². The second-order valence-corrected chi connectivity index (χ2v) is 8.48. The van der Waals surface area contributed by atoms with Gasteiger partial charge < -0.3 is 9.51 Å². The highest BCUT2D eigenvalue weighted by Crippen LogP contribution is 2.35. The Kier molecular flexibility index (Phi) is 4.35. The summed E-state index contributed by atoms with van der Waals surface area (Å²) >= 11 is 0. The molecule has 1 aromatic carbocycles. The van der Waals surface area contributed by atoms with Gasteiger partial charge in [0.05, 0.1) is 6.04 Å². The molecule has 0 spiro atoms. The Morgan fingerprint density at radius 3 is 2.62 bits per heavy atom. The summed E-state index contributed by atoms with van der Waals surface area (Å²) in [5.74, 6) is 2.14. The topological polar surface area (TPSA) is 58.0 Å². The zero-order chi connectivity index (χ0) is 18.3. The highest BCUT2D eigenvalue weighted by molar-refractivity contribution is 5.83. The van der Waals surface area contributed by atoms with E-state index in [0.29, 0.717) is 5.92 Å². The molecule has 1 aliphatic heterocycles. The molecule has 0 radical (unpaired) electrons. The molecule has 1 fully saturated rings. The third-order valence-electron chi connectivity index (χ3n) is 5.61. The fourth-order valence-electron chi connectivity index (χ4n) is 3.90. The van der Waals surface area contributed by atoms with Crippen molar-refractivity contribution in [3.63, 3.8) is 0 Å². The maximum Gasteiger partial charge on any atom is 0.243 e. The first-order valence-corrected chi connectivity index (χ1v) is 9.57. The van der Waals surface area contributed by atoms with Gasteiger partial charge in [0.15, 0.2) is 5.82 Å². The van der Waals surface area contributed by atoms with E-state index < -0.39 is 0 Å². The van der Waals surface area contributed by atoms with Crippen LogP contribution in [0.4, 0.5) is 0 Å². The maximum absolute atomic E-state index is 5.56. The molecule has 2 aromatic heterocycles. The quantitative estimate of drug-likeness (QED) is 0.736. The van der Waals surface area contributed by atoms with Crippen LogP contribution in [0.5, 0.6) is 0 Å². The lowest BCUT2D eigenvalue weighted by atomic mass is 9.88. The minimum Gasteiger partial charge on any atom is -0.361 e. The highest BCUT2D eigenvalue weighted by Gasteiger charge is 2.29. The molecule has 0 bridgehead atoms. The molecule has 1 atom stereocenters. The van der Waals surface area contributed by atoms with E-state index in [9.17, 15) is 0 Å². The monoisotopic (exact) mass is 352 g/mol. The number of nitrogens with one attached hydrogen (secondary N) is 1. The van der Waals surface area contributed by atoms with Crippen molar-refractivity contribution < 1.29 is 4.52 Å². The maximum atomic E-state index is 5.56. The number of aromatic nitrogens is 3. The molecule has 3 heterocycles. The number of fused-ring (bicyclic) bond motifs is 1. The first kappa shape index (κ1) is 17.3. The number of piperidine rings is 1. The first-order valence-electron chi connectivity index (χ1n) is 9.57. The van der Waals surface area contributed by atoms with Crippen LogP contribution in [0.2, 0.25) is 0 Å². The summed E-state index contributed by atoms with van der Waals surface area (Å²) in [6, 6.07) is 8.76. The van der Waals surface area contributed by atoms with Crippen molar-refractivity contribution in [2.75, 3.05) is 13.1 Å². The van der Waals surface area contributed by atoms with Gasteiger partial charge in [-0.05, 0) is 50.4 Å². The summed E-state index contributed by atoms with van der Waals surface area (Å²) in [7, 11) is 0. The van der Waals surface area contributed by atoms with Gasteiger partial charge in [-0.25, -0.2) is 0 Å². The molecule has 5 nitrogen and oxygen atoms in total. The summed E-state index contributed by atoms with van der Waals surface area (Å²) in [5, 5.41) is 5.54. The molecule has 0 amide bonds. The normalized spacial score (nSPS) is 18.5. The van der Waals surface area contributed by atoms with Gasteiger partial charge in [0.25, 0.3) is 0 Å². The Balaban J connectivity index is 1.44. The second-order valence-electron chi connectivity index (χ2n) is 8.48. The number of rotatable bonds is 3. The summed E-state index contributed by atoms with van der Waals surface area (Å²) < 4.78 is 5.56. The molecule has 26 heavy (non-hydrogen) atoms. The van der Waals surface area contributed by atoms with E-state index in [1.807, 2.05) is 0 Å². The van der Waals surface area contributed by atoms with E-state index in [1.165, 1.54) is 16.5 Å². The molecule has 4 rings (SSSR count). The zero-order valence-corrected chi connectivity index (χ0v) is 16.1. The van der Waals surface area contributed by atoms with Crippen LogP contribution in [0.3, 0.4) is 0 Å². The van der Waals surface area contributed by atoms with Crippen LogP contribution in [-0.4, -0.2) is 33.1 Å². The van der Waals surface area contributed by atoms with E-state index in [4.69, 9.17) is 4.52 Å². The Morgan fingerprint density at radius 2 is 1.92 bits per heavy atom. The summed E-state index contributed by atoms with van der Waals surface area (Å²) in [6.45, 7) is 10.6. The third kappa shape index (κ3) is 3.16. The predicted octanol–water partition coefficient (Wildman–Crippen LogP) is 4.79. The zero-order valence-electron chi connectivity index (χ0n) is 16.1. The minimum absolute atomic E-state index is 0.0796. The lowest BCUT2D eigenvalue weighted by molar-refractivity contribution is 0.136. The lowest BCUT2D eigenvalue weighted by Crippen LogP contribution is -2.35. The molecule has 0 saturated carbocycles. The van der Waals surface area contributed by atoms with Crippen molar-refractivity contribution in [3.05, 3.63) is 47.7 Å². The van der Waals surface area contributed by atoms with Crippen LogP contribution < -0.4 is 0 Å². The Bertz CT molecular complexity index is 881. The predicted molar refractivity (Wildman–Crippen MR) is 103 cm³/mol. The van der Waals surface area contributed by atoms with E-state index in [2.05, 4.69) is 78.2 Å². The number of aromatic amines is 1. The number of hydrogen-bond acceptors (Lipinski definition) is 4. The van der Waals surface area contributed by atoms with E-state index >= 15 is 0 Å². The number of H-pyrrole nitrogens is 1. The van der Waals surface area contributed by atoms with Crippen molar-refractivity contribution >= 4 is 10.9 Å². The van der Waals surface area contributed by atoms with Crippen LogP contribution >= 0.6 is 0 Å². The molecule has 1 aliphatic rings. The Morgan fingerprint density at radius 1 is 1.19 bits per heavy atom. The summed E-state index contributed by atoms with van der Waals surface area (Å²) in [6.07, 6.45) is 4.51. The molecular weight excluding hydrogens is 324 g/mol. The minimum atomic E-state index is -0.0796. The molecule has 0 aliphatic carbocycles. The van der Waals surface area contributed by atoms with Gasteiger partial charge in [-0.3, -0.25) is 4.90 Å². The van der Waals surface area contributed by atoms with Crippen LogP contribution in [0.25, 0.3) is 10.9 Å². The van der Waals surface area contributed by atoms with Gasteiger partial charge in [0.1, 0.15) is 0 Å². The molecule has 5 heteroatoms. The van der Waals surface area contributed by atoms with Gasteiger partial charge in [-0.2, -0.15) is 4.98 Å². The largest absolute Gasteiger partial charge is 0.361 e. The van der Waals surface area contributed by atoms with Crippen LogP contribution in [0.1, 0.15) is 69.8 Å². The first-order chi connectivity index (χ1) is 12.4. The van der Waals surface area contributed by atoms with E-state index in [-0.39, 0.29) is 11.5 Å². The Labute approximate surface area is 154 Å². The average molecular weight is 352 g/mol. The average Bonchev–Trinajstić information content (AvgIpc) is 3.28. The summed E-state index contributed by atoms with van der Waals surface area (Å²) in [5.41, 5.74) is 2.61. The molecule has 3 aromatic rings. The van der Waals surface area contributed by atoms with Crippen LogP contribution in [0.15, 0.2) is 35.0 Å². The second kappa shape index (κ2) is 6.54. The van der Waals surface area contributed by atoms with Crippen molar-refractivity contribution in [3.8, 4) is 0 Å². The number of hydrogen-bond donors (Lipinski definition) is 1. The SMILES string of the molecule is CC(c1nc(C(C)(C)C)no1)N1CCC(c2c[nH]c3ccccc23)CC1. The molecular formula is C21H28N4O. The number of nitrogens with zero attached hydrogens (tertiary/aromatic N) is 3. The number of likely N-dealkylation sites (tertiary alicyclic amines) is 1. The molecule has 138 valence electrons. The lowest BCUT2D eigenvalue weighted by Gasteiger charge is -2.34. The van der Waals surface area contributed by atoms with Crippen molar-refractivity contribution in [2.24, 2.45) is 0 Å². The third-order valence-corrected chi connectivity index (χ3v) is 5.61. The number of para-hydroxylation sites is 1. The summed E-state index contributed by atoms with van der Waals surface area (Å²) in [4.78, 5) is 10.5. The molecule has 1 saturated heterocycles. The van der Waals surface area contributed by atoms with Gasteiger partial charge >= 0.3 is 0 Å². The highest BCUT2D eigenvalue weighted by atomic mass is 16.5. The van der Waals surface area contributed by atoms with E-state index in [0.717, 1.165) is 37.6 Å².